The number of fused-ring (bicyclic) bond motifs is 1. The van der Waals surface area contributed by atoms with Crippen molar-refractivity contribution in [1.82, 2.24) is 14.5 Å². The van der Waals surface area contributed by atoms with Crippen LogP contribution in [0.15, 0.2) is 18.2 Å². The second-order valence-corrected chi connectivity index (χ2v) is 6.73. The molecule has 0 amide bonds. The molecule has 0 spiro atoms. The van der Waals surface area contributed by atoms with Crippen LogP contribution < -0.4 is 0 Å². The number of benzene rings is 1. The van der Waals surface area contributed by atoms with Crippen LogP contribution in [0.25, 0.3) is 11.0 Å². The number of hydrogen-bond donors (Lipinski definition) is 0. The van der Waals surface area contributed by atoms with Crippen molar-refractivity contribution in [1.29, 1.82) is 0 Å². The van der Waals surface area contributed by atoms with Crippen LogP contribution in [0.3, 0.4) is 0 Å². The smallest absolute Gasteiger partial charge is 0.135 e. The summed E-state index contributed by atoms with van der Waals surface area (Å²) in [4.78, 5) is 6.92. The predicted octanol–water partition coefficient (Wildman–Crippen LogP) is 3.26. The van der Waals surface area contributed by atoms with Gasteiger partial charge in [-0.05, 0) is 30.0 Å². The summed E-state index contributed by atoms with van der Waals surface area (Å²) in [6, 6.07) is 6.47. The predicted molar refractivity (Wildman–Crippen MR) is 90.4 cm³/mol. The lowest BCUT2D eigenvalue weighted by Gasteiger charge is -2.38. The molecule has 5 heteroatoms. The third-order valence-electron chi connectivity index (χ3n) is 4.64. The number of aryl methyl sites for hydroxylation is 1. The molecule has 1 fully saturated rings. The van der Waals surface area contributed by atoms with Crippen LogP contribution in [0.5, 0.6) is 0 Å². The fraction of sp³-hybridized carbons (Fsp3) is 0.611. The van der Waals surface area contributed by atoms with Crippen LogP contribution in [0.1, 0.15) is 37.6 Å². The molecule has 23 heavy (non-hydrogen) atoms. The Morgan fingerprint density at radius 3 is 2.83 bits per heavy atom. The number of likely N-dealkylation sites (tertiary alicyclic amines) is 1. The van der Waals surface area contributed by atoms with Crippen molar-refractivity contribution in [2.24, 2.45) is 7.05 Å². The zero-order valence-electron chi connectivity index (χ0n) is 14.3. The van der Waals surface area contributed by atoms with Gasteiger partial charge < -0.3 is 9.30 Å². The molecule has 4 nitrogen and oxygen atoms in total. The van der Waals surface area contributed by atoms with Crippen molar-refractivity contribution in [2.75, 3.05) is 26.3 Å². The molecule has 0 aliphatic carbocycles. The molecule has 0 saturated carbocycles. The SMILES string of the molecule is CC(C)c1ccc2nc(COC3CN(CCCF)C3)n(C)c2c1. The average Bonchev–Trinajstić information content (AvgIpc) is 2.81. The van der Waals surface area contributed by atoms with Crippen LogP contribution in [0.4, 0.5) is 4.39 Å². The lowest BCUT2D eigenvalue weighted by atomic mass is 10.0. The van der Waals surface area contributed by atoms with Crippen molar-refractivity contribution < 1.29 is 9.13 Å². The lowest BCUT2D eigenvalue weighted by molar-refractivity contribution is -0.0652. The van der Waals surface area contributed by atoms with Crippen molar-refractivity contribution in [3.8, 4) is 0 Å². The number of halogens is 1. The minimum atomic E-state index is -0.236. The van der Waals surface area contributed by atoms with Gasteiger partial charge in [0.25, 0.3) is 0 Å². The number of ether oxygens (including phenoxy) is 1. The van der Waals surface area contributed by atoms with Gasteiger partial charge in [-0.3, -0.25) is 9.29 Å². The summed E-state index contributed by atoms with van der Waals surface area (Å²) in [6.45, 7) is 7.34. The molecule has 2 aromatic rings. The van der Waals surface area contributed by atoms with E-state index in [-0.39, 0.29) is 12.8 Å². The highest BCUT2D eigenvalue weighted by Crippen LogP contribution is 2.22. The van der Waals surface area contributed by atoms with E-state index in [1.54, 1.807) is 0 Å². The Morgan fingerprint density at radius 1 is 1.35 bits per heavy atom. The van der Waals surface area contributed by atoms with Crippen LogP contribution in [-0.4, -0.2) is 46.9 Å². The van der Waals surface area contributed by atoms with Crippen molar-refractivity contribution in [3.63, 3.8) is 0 Å². The molecule has 1 saturated heterocycles. The molecule has 1 aromatic heterocycles. The van der Waals surface area contributed by atoms with Crippen LogP contribution in [0.2, 0.25) is 0 Å². The first kappa shape index (κ1) is 16.4. The lowest BCUT2D eigenvalue weighted by Crippen LogP contribution is -2.52. The second-order valence-electron chi connectivity index (χ2n) is 6.73. The van der Waals surface area contributed by atoms with E-state index in [1.165, 1.54) is 5.56 Å². The van der Waals surface area contributed by atoms with Gasteiger partial charge in [0.2, 0.25) is 0 Å². The number of aromatic nitrogens is 2. The molecule has 0 bridgehead atoms. The van der Waals surface area contributed by atoms with Gasteiger partial charge in [0.05, 0.1) is 23.8 Å². The Balaban J connectivity index is 1.60. The summed E-state index contributed by atoms with van der Waals surface area (Å²) in [6.07, 6.45) is 0.871. The molecule has 1 aliphatic heterocycles. The van der Waals surface area contributed by atoms with E-state index in [0.29, 0.717) is 18.9 Å². The fourth-order valence-electron chi connectivity index (χ4n) is 3.03. The van der Waals surface area contributed by atoms with E-state index in [4.69, 9.17) is 4.74 Å². The van der Waals surface area contributed by atoms with Crippen LogP contribution in [0, 0.1) is 0 Å². The Morgan fingerprint density at radius 2 is 2.13 bits per heavy atom. The van der Waals surface area contributed by atoms with Crippen LogP contribution >= 0.6 is 0 Å². The first-order valence-corrected chi connectivity index (χ1v) is 8.43. The molecule has 0 atom stereocenters. The average molecular weight is 319 g/mol. The van der Waals surface area contributed by atoms with Crippen molar-refractivity contribution >= 4 is 11.0 Å². The number of alkyl halides is 1. The molecule has 1 aliphatic rings. The summed E-state index contributed by atoms with van der Waals surface area (Å²) in [5.74, 6) is 1.47. The van der Waals surface area contributed by atoms with E-state index in [1.807, 2.05) is 7.05 Å². The number of hydrogen-bond acceptors (Lipinski definition) is 3. The number of nitrogens with zero attached hydrogens (tertiary/aromatic N) is 3. The third kappa shape index (κ3) is 3.56. The summed E-state index contributed by atoms with van der Waals surface area (Å²) in [5, 5.41) is 0. The van der Waals surface area contributed by atoms with E-state index < -0.39 is 0 Å². The minimum Gasteiger partial charge on any atom is -0.368 e. The summed E-state index contributed by atoms with van der Waals surface area (Å²) in [5.41, 5.74) is 3.51. The van der Waals surface area contributed by atoms with Gasteiger partial charge in [-0.1, -0.05) is 19.9 Å². The molecule has 2 heterocycles. The van der Waals surface area contributed by atoms with Crippen molar-refractivity contribution in [3.05, 3.63) is 29.6 Å². The summed E-state index contributed by atoms with van der Waals surface area (Å²) < 4.78 is 20.2. The summed E-state index contributed by atoms with van der Waals surface area (Å²) >= 11 is 0. The number of rotatable bonds is 7. The Labute approximate surface area is 137 Å². The topological polar surface area (TPSA) is 30.3 Å². The molecule has 0 N–H and O–H groups in total. The molecule has 126 valence electrons. The Hall–Kier alpha value is -1.46. The standard InChI is InChI=1S/C18H26FN3O/c1-13(2)14-5-6-16-17(9-14)21(3)18(20-16)12-23-15-10-22(11-15)8-4-7-19/h5-6,9,13,15H,4,7-8,10-12H2,1-3H3. The van der Waals surface area contributed by atoms with Gasteiger partial charge in [0.15, 0.2) is 0 Å². The van der Waals surface area contributed by atoms with E-state index in [2.05, 4.69) is 46.5 Å². The van der Waals surface area contributed by atoms with Gasteiger partial charge in [0, 0.05) is 26.7 Å². The third-order valence-corrected chi connectivity index (χ3v) is 4.64. The second kappa shape index (κ2) is 6.97. The van der Waals surface area contributed by atoms with Gasteiger partial charge in [0.1, 0.15) is 12.4 Å². The fourth-order valence-corrected chi connectivity index (χ4v) is 3.03. The highest BCUT2D eigenvalue weighted by molar-refractivity contribution is 5.77. The quantitative estimate of drug-likeness (QED) is 0.785. The Kier molecular flexibility index (Phi) is 4.97. The van der Waals surface area contributed by atoms with Gasteiger partial charge in [-0.2, -0.15) is 0 Å². The van der Waals surface area contributed by atoms with Crippen molar-refractivity contribution in [2.45, 2.75) is 38.9 Å². The highest BCUT2D eigenvalue weighted by atomic mass is 19.1. The Bertz CT molecular complexity index is 662. The van der Waals surface area contributed by atoms with E-state index in [9.17, 15) is 4.39 Å². The maximum Gasteiger partial charge on any atom is 0.135 e. The minimum absolute atomic E-state index is 0.236. The van der Waals surface area contributed by atoms with E-state index >= 15 is 0 Å². The zero-order valence-corrected chi connectivity index (χ0v) is 14.3. The monoisotopic (exact) mass is 319 g/mol. The molecule has 1 aromatic carbocycles. The molecular formula is C18H26FN3O. The van der Waals surface area contributed by atoms with Gasteiger partial charge in [-0.25, -0.2) is 4.98 Å². The zero-order chi connectivity index (χ0) is 16.4. The van der Waals surface area contributed by atoms with Gasteiger partial charge in [-0.15, -0.1) is 0 Å². The number of imidazole rings is 1. The largest absolute Gasteiger partial charge is 0.368 e. The van der Waals surface area contributed by atoms with Gasteiger partial charge >= 0.3 is 0 Å². The highest BCUT2D eigenvalue weighted by Gasteiger charge is 2.27. The van der Waals surface area contributed by atoms with E-state index in [0.717, 1.165) is 36.5 Å². The van der Waals surface area contributed by atoms with Crippen LogP contribution in [-0.2, 0) is 18.4 Å². The molecule has 0 radical (unpaired) electrons. The maximum atomic E-state index is 12.1. The first-order valence-electron chi connectivity index (χ1n) is 8.43. The normalized spacial score (nSPS) is 16.4. The molecule has 0 unspecified atom stereocenters. The molecular weight excluding hydrogens is 293 g/mol. The molecule has 3 rings (SSSR count). The summed E-state index contributed by atoms with van der Waals surface area (Å²) in [7, 11) is 2.05. The first-order chi connectivity index (χ1) is 11.1. The maximum absolute atomic E-state index is 12.1.